The summed E-state index contributed by atoms with van der Waals surface area (Å²) in [6.07, 6.45) is 4.75. The molecule has 7 heteroatoms. The van der Waals surface area contributed by atoms with Gasteiger partial charge in [-0.15, -0.1) is 5.10 Å². The van der Waals surface area contributed by atoms with Crippen molar-refractivity contribution in [2.45, 2.75) is 50.7 Å². The van der Waals surface area contributed by atoms with Gasteiger partial charge in [0.05, 0.1) is 11.4 Å². The molecule has 0 bridgehead atoms. The Morgan fingerprint density at radius 2 is 2.04 bits per heavy atom. The number of benzene rings is 1. The van der Waals surface area contributed by atoms with Crippen LogP contribution in [0.15, 0.2) is 29.4 Å². The van der Waals surface area contributed by atoms with E-state index in [2.05, 4.69) is 27.8 Å². The lowest BCUT2D eigenvalue weighted by Crippen LogP contribution is -2.41. The van der Waals surface area contributed by atoms with E-state index in [4.69, 9.17) is 0 Å². The molecule has 1 aromatic heterocycles. The molecule has 128 valence electrons. The van der Waals surface area contributed by atoms with E-state index in [1.165, 1.54) is 36.6 Å². The van der Waals surface area contributed by atoms with Crippen LogP contribution in [0.3, 0.4) is 0 Å². The first-order chi connectivity index (χ1) is 11.6. The maximum Gasteiger partial charge on any atom is 0.230 e. The molecule has 1 aliphatic rings. The zero-order chi connectivity index (χ0) is 16.9. The summed E-state index contributed by atoms with van der Waals surface area (Å²) in [6, 6.07) is 8.28. The van der Waals surface area contributed by atoms with Crippen LogP contribution in [-0.4, -0.2) is 37.9 Å². The molecule has 1 fully saturated rings. The van der Waals surface area contributed by atoms with Crippen LogP contribution in [0.2, 0.25) is 0 Å². The van der Waals surface area contributed by atoms with Crippen molar-refractivity contribution >= 4 is 17.7 Å². The third-order valence-electron chi connectivity index (χ3n) is 4.51. The minimum atomic E-state index is 0.0530. The van der Waals surface area contributed by atoms with E-state index in [1.807, 2.05) is 31.2 Å². The number of carbonyl (C=O) groups excluding carboxylic acids is 1. The van der Waals surface area contributed by atoms with Crippen LogP contribution in [0.5, 0.6) is 0 Å². The molecule has 1 heterocycles. The Hall–Kier alpha value is -1.89. The van der Waals surface area contributed by atoms with Gasteiger partial charge in [0.1, 0.15) is 0 Å². The number of rotatable bonds is 5. The zero-order valence-corrected chi connectivity index (χ0v) is 14.9. The number of carbonyl (C=O) groups is 1. The number of amides is 1. The van der Waals surface area contributed by atoms with Crippen molar-refractivity contribution in [1.29, 1.82) is 0 Å². The molecule has 2 aromatic rings. The van der Waals surface area contributed by atoms with E-state index < -0.39 is 0 Å². The summed E-state index contributed by atoms with van der Waals surface area (Å²) in [7, 11) is 0. The van der Waals surface area contributed by atoms with E-state index in [0.29, 0.717) is 22.9 Å². The molecule has 2 atom stereocenters. The summed E-state index contributed by atoms with van der Waals surface area (Å²) < 4.78 is 1.67. The van der Waals surface area contributed by atoms with E-state index >= 15 is 0 Å². The third kappa shape index (κ3) is 4.14. The van der Waals surface area contributed by atoms with Gasteiger partial charge < -0.3 is 5.32 Å². The van der Waals surface area contributed by atoms with Gasteiger partial charge in [0.25, 0.3) is 0 Å². The molecule has 0 saturated heterocycles. The van der Waals surface area contributed by atoms with Crippen molar-refractivity contribution in [3.05, 3.63) is 29.8 Å². The molecule has 0 spiro atoms. The van der Waals surface area contributed by atoms with Gasteiger partial charge in [0.15, 0.2) is 0 Å². The molecular formula is C17H23N5OS. The van der Waals surface area contributed by atoms with E-state index in [0.717, 1.165) is 12.1 Å². The molecular weight excluding hydrogens is 322 g/mol. The number of aryl methyl sites for hydroxylation is 1. The molecule has 0 aliphatic heterocycles. The summed E-state index contributed by atoms with van der Waals surface area (Å²) in [5.41, 5.74) is 2.08. The number of nitrogens with zero attached hydrogens (tertiary/aromatic N) is 4. The second kappa shape index (κ2) is 7.79. The third-order valence-corrected chi connectivity index (χ3v) is 5.43. The van der Waals surface area contributed by atoms with Crippen molar-refractivity contribution in [1.82, 2.24) is 25.5 Å². The molecule has 1 amide bonds. The maximum absolute atomic E-state index is 12.2. The second-order valence-electron chi connectivity index (χ2n) is 6.43. The van der Waals surface area contributed by atoms with Crippen molar-refractivity contribution in [3.8, 4) is 5.69 Å². The van der Waals surface area contributed by atoms with Gasteiger partial charge in [0.2, 0.25) is 11.1 Å². The number of hydrogen-bond donors (Lipinski definition) is 1. The Balaban J connectivity index is 1.58. The van der Waals surface area contributed by atoms with Gasteiger partial charge in [-0.05, 0) is 48.2 Å². The number of thioether (sulfide) groups is 1. The topological polar surface area (TPSA) is 72.7 Å². The van der Waals surface area contributed by atoms with Gasteiger partial charge in [-0.25, -0.2) is 0 Å². The monoisotopic (exact) mass is 345 g/mol. The maximum atomic E-state index is 12.2. The molecule has 1 N–H and O–H groups in total. The lowest BCUT2D eigenvalue weighted by molar-refractivity contribution is -0.119. The van der Waals surface area contributed by atoms with Crippen LogP contribution < -0.4 is 5.32 Å². The minimum Gasteiger partial charge on any atom is -0.352 e. The molecule has 1 aliphatic carbocycles. The predicted molar refractivity (Wildman–Crippen MR) is 94.2 cm³/mol. The van der Waals surface area contributed by atoms with Gasteiger partial charge in [0, 0.05) is 6.04 Å². The smallest absolute Gasteiger partial charge is 0.230 e. The van der Waals surface area contributed by atoms with Gasteiger partial charge >= 0.3 is 0 Å². The fraction of sp³-hybridized carbons (Fsp3) is 0.529. The minimum absolute atomic E-state index is 0.0530. The molecule has 2 unspecified atom stereocenters. The quantitative estimate of drug-likeness (QED) is 0.844. The molecule has 0 radical (unpaired) electrons. The molecule has 24 heavy (non-hydrogen) atoms. The van der Waals surface area contributed by atoms with Crippen LogP contribution in [0, 0.1) is 12.8 Å². The van der Waals surface area contributed by atoms with Gasteiger partial charge in [-0.1, -0.05) is 49.2 Å². The standard InChI is InChI=1S/C17H23N5OS/c1-12-7-9-14(10-8-12)22-17(19-20-21-22)24-11-16(23)18-15-6-4-3-5-13(15)2/h7-10,13,15H,3-6,11H2,1-2H3,(H,18,23). The summed E-state index contributed by atoms with van der Waals surface area (Å²) >= 11 is 1.37. The highest BCUT2D eigenvalue weighted by Gasteiger charge is 2.23. The summed E-state index contributed by atoms with van der Waals surface area (Å²) in [5, 5.41) is 15.6. The first kappa shape index (κ1) is 17.0. The summed E-state index contributed by atoms with van der Waals surface area (Å²) in [4.78, 5) is 12.2. The van der Waals surface area contributed by atoms with E-state index in [-0.39, 0.29) is 5.91 Å². The summed E-state index contributed by atoms with van der Waals surface area (Å²) in [5.74, 6) is 0.943. The van der Waals surface area contributed by atoms with Crippen molar-refractivity contribution in [2.75, 3.05) is 5.75 Å². The first-order valence-electron chi connectivity index (χ1n) is 8.41. The van der Waals surface area contributed by atoms with Crippen LogP contribution in [0.25, 0.3) is 5.69 Å². The van der Waals surface area contributed by atoms with Crippen LogP contribution >= 0.6 is 11.8 Å². The average molecular weight is 345 g/mol. The van der Waals surface area contributed by atoms with Crippen molar-refractivity contribution < 1.29 is 4.79 Å². The number of tetrazole rings is 1. The highest BCUT2D eigenvalue weighted by atomic mass is 32.2. The Morgan fingerprint density at radius 1 is 1.29 bits per heavy atom. The largest absolute Gasteiger partial charge is 0.352 e. The zero-order valence-electron chi connectivity index (χ0n) is 14.1. The van der Waals surface area contributed by atoms with Gasteiger partial charge in [-0.3, -0.25) is 4.79 Å². The normalized spacial score (nSPS) is 20.8. The average Bonchev–Trinajstić information content (AvgIpc) is 3.04. The highest BCUT2D eigenvalue weighted by molar-refractivity contribution is 7.99. The Labute approximate surface area is 146 Å². The molecule has 1 aromatic carbocycles. The van der Waals surface area contributed by atoms with Crippen LogP contribution in [-0.2, 0) is 4.79 Å². The predicted octanol–water partition coefficient (Wildman–Crippen LogP) is 2.76. The lowest BCUT2D eigenvalue weighted by Gasteiger charge is -2.29. The fourth-order valence-electron chi connectivity index (χ4n) is 3.03. The molecule has 3 rings (SSSR count). The second-order valence-corrected chi connectivity index (χ2v) is 7.38. The highest BCUT2D eigenvalue weighted by Crippen LogP contribution is 2.24. The fourth-order valence-corrected chi connectivity index (χ4v) is 3.73. The SMILES string of the molecule is Cc1ccc(-n2nnnc2SCC(=O)NC2CCCCC2C)cc1. The Morgan fingerprint density at radius 3 is 2.79 bits per heavy atom. The first-order valence-corrected chi connectivity index (χ1v) is 9.39. The van der Waals surface area contributed by atoms with E-state index in [1.54, 1.807) is 4.68 Å². The van der Waals surface area contributed by atoms with Crippen LogP contribution in [0.4, 0.5) is 0 Å². The van der Waals surface area contributed by atoms with Gasteiger partial charge in [-0.2, -0.15) is 4.68 Å². The van der Waals surface area contributed by atoms with Crippen molar-refractivity contribution in [2.24, 2.45) is 5.92 Å². The summed E-state index contributed by atoms with van der Waals surface area (Å²) in [6.45, 7) is 4.25. The van der Waals surface area contributed by atoms with E-state index in [9.17, 15) is 4.79 Å². The van der Waals surface area contributed by atoms with Crippen LogP contribution in [0.1, 0.15) is 38.2 Å². The number of hydrogen-bond acceptors (Lipinski definition) is 5. The lowest BCUT2D eigenvalue weighted by atomic mass is 9.86. The van der Waals surface area contributed by atoms with Crippen molar-refractivity contribution in [3.63, 3.8) is 0 Å². The Bertz CT molecular complexity index is 685. The number of aromatic nitrogens is 4. The Kier molecular flexibility index (Phi) is 5.50. The number of nitrogens with one attached hydrogen (secondary N) is 1. The molecule has 1 saturated carbocycles. The molecule has 6 nitrogen and oxygen atoms in total.